The summed E-state index contributed by atoms with van der Waals surface area (Å²) in [6, 6.07) is 5.37. The van der Waals surface area contributed by atoms with Crippen molar-refractivity contribution in [2.45, 2.75) is 25.5 Å². The first-order valence-electron chi connectivity index (χ1n) is 8.64. The number of nitrogens with one attached hydrogen (secondary N) is 1. The van der Waals surface area contributed by atoms with Crippen LogP contribution in [0.3, 0.4) is 0 Å². The average molecular weight is 418 g/mol. The summed E-state index contributed by atoms with van der Waals surface area (Å²) in [7, 11) is 0. The molecular formula is C18H19N5O3S2. The Hall–Kier alpha value is -2.72. The number of carbonyl (C=O) groups excluding carboxylic acids is 2. The Balaban J connectivity index is 1.65. The van der Waals surface area contributed by atoms with Gasteiger partial charge in [0.1, 0.15) is 5.00 Å². The fourth-order valence-electron chi connectivity index (χ4n) is 2.46. The van der Waals surface area contributed by atoms with E-state index in [2.05, 4.69) is 20.5 Å². The van der Waals surface area contributed by atoms with Crippen molar-refractivity contribution in [1.82, 2.24) is 19.7 Å². The van der Waals surface area contributed by atoms with Crippen molar-refractivity contribution in [3.05, 3.63) is 41.5 Å². The molecule has 8 nitrogen and oxygen atoms in total. The summed E-state index contributed by atoms with van der Waals surface area (Å²) >= 11 is 2.57. The maximum atomic E-state index is 12.3. The number of thioether (sulfide) groups is 1. The topological polar surface area (TPSA) is 99.0 Å². The Labute approximate surface area is 170 Å². The number of hydrogen-bond donors (Lipinski definition) is 1. The summed E-state index contributed by atoms with van der Waals surface area (Å²) in [6.07, 6.45) is 3.40. The van der Waals surface area contributed by atoms with Gasteiger partial charge in [-0.05, 0) is 37.4 Å². The minimum atomic E-state index is -0.445. The van der Waals surface area contributed by atoms with Crippen LogP contribution in [0.25, 0.3) is 11.4 Å². The van der Waals surface area contributed by atoms with Gasteiger partial charge in [0.05, 0.1) is 17.9 Å². The van der Waals surface area contributed by atoms with Crippen LogP contribution < -0.4 is 5.32 Å². The van der Waals surface area contributed by atoms with Crippen LogP contribution in [-0.2, 0) is 16.1 Å². The zero-order valence-electron chi connectivity index (χ0n) is 15.4. The number of pyridine rings is 1. The second-order valence-corrected chi connectivity index (χ2v) is 7.37. The number of ether oxygens (including phenoxy) is 1. The molecule has 0 aliphatic rings. The molecule has 0 saturated heterocycles. The minimum Gasteiger partial charge on any atom is -0.462 e. The molecule has 3 rings (SSSR count). The number of carbonyl (C=O) groups is 2. The van der Waals surface area contributed by atoms with Gasteiger partial charge >= 0.3 is 5.97 Å². The summed E-state index contributed by atoms with van der Waals surface area (Å²) in [6.45, 7) is 4.69. The van der Waals surface area contributed by atoms with E-state index in [0.29, 0.717) is 22.3 Å². The van der Waals surface area contributed by atoms with Crippen molar-refractivity contribution in [2.75, 3.05) is 17.7 Å². The summed E-state index contributed by atoms with van der Waals surface area (Å²) in [5, 5.41) is 14.1. The van der Waals surface area contributed by atoms with Crippen LogP contribution >= 0.6 is 23.1 Å². The molecule has 1 N–H and O–H groups in total. The van der Waals surface area contributed by atoms with Crippen LogP contribution in [-0.4, -0.2) is 44.0 Å². The highest BCUT2D eigenvalue weighted by molar-refractivity contribution is 7.99. The average Bonchev–Trinajstić information content (AvgIpc) is 3.33. The second-order valence-electron chi connectivity index (χ2n) is 5.51. The van der Waals surface area contributed by atoms with E-state index < -0.39 is 5.97 Å². The highest BCUT2D eigenvalue weighted by Gasteiger charge is 2.18. The van der Waals surface area contributed by atoms with Crippen molar-refractivity contribution in [3.8, 4) is 11.4 Å². The lowest BCUT2D eigenvalue weighted by Crippen LogP contribution is -2.16. The molecule has 0 spiro atoms. The zero-order valence-corrected chi connectivity index (χ0v) is 17.0. The standard InChI is InChI=1S/C18H19N5O3S2/c1-3-23-15(12-5-8-19-9-6-12)21-22-18(23)28-11-14(24)20-16-13(7-10-27-16)17(25)26-4-2/h5-10H,3-4,11H2,1-2H3,(H,20,24). The molecule has 0 unspecified atom stereocenters. The van der Waals surface area contributed by atoms with E-state index in [1.165, 1.54) is 23.1 Å². The van der Waals surface area contributed by atoms with Crippen LogP contribution in [0.15, 0.2) is 41.1 Å². The van der Waals surface area contributed by atoms with Crippen molar-refractivity contribution in [3.63, 3.8) is 0 Å². The fraction of sp³-hybridized carbons (Fsp3) is 0.278. The SMILES string of the molecule is CCOC(=O)c1ccsc1NC(=O)CSc1nnc(-c2ccncc2)n1CC. The highest BCUT2D eigenvalue weighted by atomic mass is 32.2. The Morgan fingerprint density at radius 2 is 2.00 bits per heavy atom. The van der Waals surface area contributed by atoms with Gasteiger partial charge in [0.25, 0.3) is 0 Å². The third-order valence-electron chi connectivity index (χ3n) is 3.72. The minimum absolute atomic E-state index is 0.147. The number of anilines is 1. The molecule has 10 heteroatoms. The van der Waals surface area contributed by atoms with E-state index in [0.717, 1.165) is 11.4 Å². The molecule has 0 aromatic carbocycles. The lowest BCUT2D eigenvalue weighted by molar-refractivity contribution is -0.113. The Morgan fingerprint density at radius 3 is 2.71 bits per heavy atom. The Morgan fingerprint density at radius 1 is 1.21 bits per heavy atom. The molecule has 0 saturated carbocycles. The predicted molar refractivity (Wildman–Crippen MR) is 109 cm³/mol. The molecule has 0 atom stereocenters. The van der Waals surface area contributed by atoms with Crippen LogP contribution in [0.4, 0.5) is 5.00 Å². The van der Waals surface area contributed by atoms with Crippen LogP contribution in [0.1, 0.15) is 24.2 Å². The van der Waals surface area contributed by atoms with Gasteiger partial charge in [-0.25, -0.2) is 4.79 Å². The maximum absolute atomic E-state index is 12.3. The largest absolute Gasteiger partial charge is 0.462 e. The van der Waals surface area contributed by atoms with Gasteiger partial charge in [0.2, 0.25) is 5.91 Å². The van der Waals surface area contributed by atoms with E-state index in [1.807, 2.05) is 23.6 Å². The number of hydrogen-bond acceptors (Lipinski definition) is 8. The van der Waals surface area contributed by atoms with Gasteiger partial charge in [0, 0.05) is 24.5 Å². The molecule has 0 radical (unpaired) electrons. The molecule has 0 aliphatic carbocycles. The van der Waals surface area contributed by atoms with E-state index in [9.17, 15) is 9.59 Å². The van der Waals surface area contributed by atoms with Crippen molar-refractivity contribution < 1.29 is 14.3 Å². The van der Waals surface area contributed by atoms with Crippen molar-refractivity contribution in [1.29, 1.82) is 0 Å². The zero-order chi connectivity index (χ0) is 19.9. The van der Waals surface area contributed by atoms with Crippen LogP contribution in [0.2, 0.25) is 0 Å². The number of amides is 1. The number of rotatable bonds is 8. The van der Waals surface area contributed by atoms with Gasteiger partial charge in [-0.15, -0.1) is 21.5 Å². The molecule has 0 fully saturated rings. The number of esters is 1. The number of aromatic nitrogens is 4. The smallest absolute Gasteiger partial charge is 0.341 e. The highest BCUT2D eigenvalue weighted by Crippen LogP contribution is 2.26. The van der Waals surface area contributed by atoms with Gasteiger partial charge in [0.15, 0.2) is 11.0 Å². The van der Waals surface area contributed by atoms with Crippen LogP contribution in [0, 0.1) is 0 Å². The van der Waals surface area contributed by atoms with Crippen molar-refractivity contribution >= 4 is 40.0 Å². The summed E-state index contributed by atoms with van der Waals surface area (Å²) in [5.41, 5.74) is 1.28. The Kier molecular flexibility index (Phi) is 6.77. The third kappa shape index (κ3) is 4.57. The lowest BCUT2D eigenvalue weighted by atomic mass is 10.2. The van der Waals surface area contributed by atoms with E-state index in [1.54, 1.807) is 30.8 Å². The molecule has 0 bridgehead atoms. The van der Waals surface area contributed by atoms with E-state index in [4.69, 9.17) is 4.74 Å². The molecule has 1 amide bonds. The first-order chi connectivity index (χ1) is 13.6. The third-order valence-corrected chi connectivity index (χ3v) is 5.51. The summed E-state index contributed by atoms with van der Waals surface area (Å²) in [4.78, 5) is 28.3. The van der Waals surface area contributed by atoms with Gasteiger partial charge < -0.3 is 14.6 Å². The molecule has 28 heavy (non-hydrogen) atoms. The molecular weight excluding hydrogens is 398 g/mol. The maximum Gasteiger partial charge on any atom is 0.341 e. The summed E-state index contributed by atoms with van der Waals surface area (Å²) < 4.78 is 6.94. The van der Waals surface area contributed by atoms with Crippen molar-refractivity contribution in [2.24, 2.45) is 0 Å². The number of nitrogens with zero attached hydrogens (tertiary/aromatic N) is 4. The molecule has 3 heterocycles. The second kappa shape index (κ2) is 9.47. The van der Waals surface area contributed by atoms with Gasteiger partial charge in [-0.1, -0.05) is 11.8 Å². The van der Waals surface area contributed by atoms with E-state index >= 15 is 0 Å². The summed E-state index contributed by atoms with van der Waals surface area (Å²) in [5.74, 6) is 0.207. The molecule has 3 aromatic rings. The molecule has 0 aliphatic heterocycles. The lowest BCUT2D eigenvalue weighted by Gasteiger charge is -2.08. The fourth-order valence-corrected chi connectivity index (χ4v) is 4.06. The van der Waals surface area contributed by atoms with Gasteiger partial charge in [-0.2, -0.15) is 0 Å². The first-order valence-corrected chi connectivity index (χ1v) is 10.5. The first kappa shape index (κ1) is 20.0. The Bertz CT molecular complexity index is 955. The predicted octanol–water partition coefficient (Wildman–Crippen LogP) is 3.33. The van der Waals surface area contributed by atoms with Crippen LogP contribution in [0.5, 0.6) is 0 Å². The van der Waals surface area contributed by atoms with Gasteiger partial charge in [-0.3, -0.25) is 9.78 Å². The molecule has 146 valence electrons. The number of thiophene rings is 1. The monoisotopic (exact) mass is 417 g/mol. The normalized spacial score (nSPS) is 10.6. The van der Waals surface area contributed by atoms with E-state index in [-0.39, 0.29) is 18.3 Å². The molecule has 3 aromatic heterocycles. The quantitative estimate of drug-likeness (QED) is 0.443.